The van der Waals surface area contributed by atoms with Gasteiger partial charge in [-0.15, -0.1) is 0 Å². The molecule has 0 spiro atoms. The van der Waals surface area contributed by atoms with Crippen LogP contribution in [0.2, 0.25) is 0 Å². The summed E-state index contributed by atoms with van der Waals surface area (Å²) in [6.45, 7) is 12.6. The van der Waals surface area contributed by atoms with Gasteiger partial charge in [0.05, 0.1) is 6.10 Å². The van der Waals surface area contributed by atoms with Gasteiger partial charge >= 0.3 is 0 Å². The third-order valence-electron chi connectivity index (χ3n) is 4.86. The van der Waals surface area contributed by atoms with Gasteiger partial charge < -0.3 is 14.8 Å². The number of hydrogen-bond acceptors (Lipinski definition) is 3. The Bertz CT molecular complexity index is 572. The second-order valence-electron chi connectivity index (χ2n) is 7.04. The van der Waals surface area contributed by atoms with E-state index in [4.69, 9.17) is 9.47 Å². The number of aryl methyl sites for hydroxylation is 2. The zero-order chi connectivity index (χ0) is 17.9. The normalized spacial score (nSPS) is 17.9. The summed E-state index contributed by atoms with van der Waals surface area (Å²) in [4.78, 5) is 12.8. The molecule has 1 N–H and O–H groups in total. The van der Waals surface area contributed by atoms with Gasteiger partial charge in [-0.25, -0.2) is 0 Å². The van der Waals surface area contributed by atoms with Crippen LogP contribution in [0.5, 0.6) is 5.75 Å². The number of ether oxygens (including phenoxy) is 2. The fraction of sp³-hybridized carbons (Fsp3) is 0.650. The summed E-state index contributed by atoms with van der Waals surface area (Å²) in [5.41, 5.74) is 2.14. The maximum atomic E-state index is 12.8. The molecule has 1 amide bonds. The van der Waals surface area contributed by atoms with Crippen molar-refractivity contribution >= 4 is 11.6 Å². The van der Waals surface area contributed by atoms with Crippen molar-refractivity contribution in [2.75, 3.05) is 11.9 Å². The molecule has 2 atom stereocenters. The van der Waals surface area contributed by atoms with Crippen LogP contribution in [-0.4, -0.2) is 24.2 Å². The van der Waals surface area contributed by atoms with E-state index in [1.807, 2.05) is 39.8 Å². The number of amides is 1. The maximum Gasteiger partial charge on any atom is 0.256 e. The van der Waals surface area contributed by atoms with Crippen LogP contribution in [0.3, 0.4) is 0 Å². The predicted octanol–water partition coefficient (Wildman–Crippen LogP) is 4.62. The van der Waals surface area contributed by atoms with Crippen LogP contribution in [-0.2, 0) is 9.53 Å². The van der Waals surface area contributed by atoms with Crippen LogP contribution in [0.25, 0.3) is 0 Å². The molecule has 0 aliphatic heterocycles. The van der Waals surface area contributed by atoms with E-state index < -0.39 is 5.60 Å². The van der Waals surface area contributed by atoms with Crippen molar-refractivity contribution in [1.82, 2.24) is 0 Å². The number of nitrogens with one attached hydrogen (secondary N) is 1. The van der Waals surface area contributed by atoms with Crippen LogP contribution < -0.4 is 10.1 Å². The Balaban J connectivity index is 2.16. The molecule has 0 unspecified atom stereocenters. The van der Waals surface area contributed by atoms with Gasteiger partial charge in [0, 0.05) is 12.3 Å². The molecular formula is C20H31NO3. The second kappa shape index (κ2) is 7.56. The summed E-state index contributed by atoms with van der Waals surface area (Å²) < 4.78 is 11.8. The summed E-state index contributed by atoms with van der Waals surface area (Å²) in [6.07, 6.45) is 3.26. The van der Waals surface area contributed by atoms with Crippen molar-refractivity contribution < 1.29 is 14.3 Å². The van der Waals surface area contributed by atoms with Crippen molar-refractivity contribution in [3.63, 3.8) is 0 Å². The number of benzene rings is 1. The molecule has 1 saturated carbocycles. The highest BCUT2D eigenvalue weighted by Crippen LogP contribution is 2.42. The Morgan fingerprint density at radius 2 is 1.88 bits per heavy atom. The first kappa shape index (κ1) is 18.8. The molecule has 4 nitrogen and oxygen atoms in total. The average molecular weight is 333 g/mol. The minimum atomic E-state index is -0.734. The molecule has 1 aromatic rings. The lowest BCUT2D eigenvalue weighted by Gasteiger charge is -2.28. The topological polar surface area (TPSA) is 47.6 Å². The van der Waals surface area contributed by atoms with Crippen molar-refractivity contribution in [3.8, 4) is 5.75 Å². The number of rotatable bonds is 8. The molecule has 0 aromatic heterocycles. The van der Waals surface area contributed by atoms with E-state index in [-0.39, 0.29) is 12.0 Å². The van der Waals surface area contributed by atoms with Crippen LogP contribution in [0.1, 0.15) is 58.1 Å². The smallest absolute Gasteiger partial charge is 0.256 e. The molecule has 1 aromatic carbocycles. The van der Waals surface area contributed by atoms with E-state index in [0.717, 1.165) is 41.8 Å². The van der Waals surface area contributed by atoms with E-state index in [1.165, 1.54) is 0 Å². The van der Waals surface area contributed by atoms with Crippen LogP contribution >= 0.6 is 0 Å². The Morgan fingerprint density at radius 3 is 2.33 bits per heavy atom. The lowest BCUT2D eigenvalue weighted by Crippen LogP contribution is -2.44. The summed E-state index contributed by atoms with van der Waals surface area (Å²) in [6, 6.07) is 3.95. The SMILES string of the molecule is CCO[C@@](C)(C(=O)Nc1cc(C)c(O[C@H](C)CC)c(C)c1)C1CC1. The highest BCUT2D eigenvalue weighted by molar-refractivity contribution is 5.97. The molecule has 24 heavy (non-hydrogen) atoms. The second-order valence-corrected chi connectivity index (χ2v) is 7.04. The zero-order valence-electron chi connectivity index (χ0n) is 15.9. The van der Waals surface area contributed by atoms with Crippen molar-refractivity contribution in [1.29, 1.82) is 0 Å². The first-order chi connectivity index (χ1) is 11.3. The van der Waals surface area contributed by atoms with Gasteiger partial charge in [-0.1, -0.05) is 6.92 Å². The van der Waals surface area contributed by atoms with E-state index in [2.05, 4.69) is 19.2 Å². The van der Waals surface area contributed by atoms with E-state index in [0.29, 0.717) is 12.5 Å². The number of anilines is 1. The molecule has 1 fully saturated rings. The molecule has 0 heterocycles. The van der Waals surface area contributed by atoms with Gasteiger partial charge in [0.25, 0.3) is 5.91 Å². The van der Waals surface area contributed by atoms with Crippen molar-refractivity contribution in [2.24, 2.45) is 5.92 Å². The van der Waals surface area contributed by atoms with Gasteiger partial charge in [0.2, 0.25) is 0 Å². The molecular weight excluding hydrogens is 302 g/mol. The monoisotopic (exact) mass is 333 g/mol. The molecule has 4 heteroatoms. The van der Waals surface area contributed by atoms with Crippen LogP contribution in [0.15, 0.2) is 12.1 Å². The fourth-order valence-corrected chi connectivity index (χ4v) is 3.05. The van der Waals surface area contributed by atoms with Crippen LogP contribution in [0.4, 0.5) is 5.69 Å². The maximum absolute atomic E-state index is 12.8. The van der Waals surface area contributed by atoms with Gasteiger partial charge in [-0.3, -0.25) is 4.79 Å². The first-order valence-electron chi connectivity index (χ1n) is 9.05. The standard InChI is InChI=1S/C20H31NO3/c1-7-15(5)24-18-13(3)11-17(12-14(18)4)21-19(22)20(6,23-8-2)16-9-10-16/h11-12,15-16H,7-10H2,1-6H3,(H,21,22)/t15-,20-/m1/s1. The molecule has 0 bridgehead atoms. The molecule has 2 rings (SSSR count). The summed E-state index contributed by atoms with van der Waals surface area (Å²) in [5, 5.41) is 3.05. The summed E-state index contributed by atoms with van der Waals surface area (Å²) in [7, 11) is 0. The van der Waals surface area contributed by atoms with Crippen molar-refractivity contribution in [3.05, 3.63) is 23.3 Å². The fourth-order valence-electron chi connectivity index (χ4n) is 3.05. The van der Waals surface area contributed by atoms with Crippen molar-refractivity contribution in [2.45, 2.75) is 72.5 Å². The highest BCUT2D eigenvalue weighted by atomic mass is 16.5. The quantitative estimate of drug-likeness (QED) is 0.755. The molecule has 0 radical (unpaired) electrons. The Hall–Kier alpha value is -1.55. The van der Waals surface area contributed by atoms with Gasteiger partial charge in [0.1, 0.15) is 11.4 Å². The van der Waals surface area contributed by atoms with Gasteiger partial charge in [-0.05, 0) is 83.1 Å². The Labute approximate surface area is 145 Å². The summed E-state index contributed by atoms with van der Waals surface area (Å²) in [5.74, 6) is 1.19. The van der Waals surface area contributed by atoms with E-state index >= 15 is 0 Å². The summed E-state index contributed by atoms with van der Waals surface area (Å²) >= 11 is 0. The minimum absolute atomic E-state index is 0.0544. The lowest BCUT2D eigenvalue weighted by atomic mass is 9.98. The third-order valence-corrected chi connectivity index (χ3v) is 4.86. The molecule has 1 aliphatic rings. The predicted molar refractivity (Wildman–Crippen MR) is 97.7 cm³/mol. The first-order valence-corrected chi connectivity index (χ1v) is 9.05. The zero-order valence-corrected chi connectivity index (χ0v) is 15.9. The number of hydrogen-bond donors (Lipinski definition) is 1. The molecule has 134 valence electrons. The van der Waals surface area contributed by atoms with Gasteiger partial charge in [0.15, 0.2) is 0 Å². The molecule has 1 aliphatic carbocycles. The number of carbonyl (C=O) groups is 1. The van der Waals surface area contributed by atoms with Gasteiger partial charge in [-0.2, -0.15) is 0 Å². The van der Waals surface area contributed by atoms with E-state index in [1.54, 1.807) is 0 Å². The lowest BCUT2D eigenvalue weighted by molar-refractivity contribution is -0.141. The third kappa shape index (κ3) is 4.10. The number of carbonyl (C=O) groups excluding carboxylic acids is 1. The van der Waals surface area contributed by atoms with Crippen LogP contribution in [0, 0.1) is 19.8 Å². The minimum Gasteiger partial charge on any atom is -0.490 e. The largest absolute Gasteiger partial charge is 0.490 e. The average Bonchev–Trinajstić information content (AvgIpc) is 3.35. The Morgan fingerprint density at radius 1 is 1.29 bits per heavy atom. The molecule has 0 saturated heterocycles. The van der Waals surface area contributed by atoms with E-state index in [9.17, 15) is 4.79 Å². The highest BCUT2D eigenvalue weighted by Gasteiger charge is 2.48. The Kier molecular flexibility index (Phi) is 5.92.